The predicted molar refractivity (Wildman–Crippen MR) is 111 cm³/mol. The lowest BCUT2D eigenvalue weighted by atomic mass is 10.3. The van der Waals surface area contributed by atoms with Crippen LogP contribution in [0.15, 0.2) is 6.20 Å². The van der Waals surface area contributed by atoms with Gasteiger partial charge in [0.05, 0.1) is 13.0 Å². The molecular weight excluding hydrogens is 384 g/mol. The molecule has 0 aliphatic carbocycles. The molecule has 0 radical (unpaired) electrons. The lowest BCUT2D eigenvalue weighted by Gasteiger charge is -2.13. The Morgan fingerprint density at radius 2 is 1.89 bits per heavy atom. The largest absolute Gasteiger partial charge is 0.481 e. The van der Waals surface area contributed by atoms with E-state index in [1.165, 1.54) is 6.20 Å². The summed E-state index contributed by atoms with van der Waals surface area (Å²) >= 11 is 5.07. The van der Waals surface area contributed by atoms with E-state index in [1.807, 2.05) is 6.92 Å². The van der Waals surface area contributed by atoms with E-state index in [0.717, 1.165) is 13.0 Å². The molecule has 10 nitrogen and oxygen atoms in total. The standard InChI is InChI=1S/C17H28N6O4S/c1-3-7-19-16-22-11-12(15(26)27-4-2)14(23-16)18-8-5-9-20-17(28)21-10-6-13(24)25/h11H,3-10H2,1-2H3,(H,24,25)(H2,20,21,28)(H2,18,19,22,23). The van der Waals surface area contributed by atoms with Crippen molar-refractivity contribution in [2.75, 3.05) is 43.4 Å². The Kier molecular flexibility index (Phi) is 11.2. The highest BCUT2D eigenvalue weighted by Crippen LogP contribution is 2.15. The Hall–Kier alpha value is -2.69. The first-order chi connectivity index (χ1) is 13.5. The molecule has 5 N–H and O–H groups in total. The van der Waals surface area contributed by atoms with E-state index in [0.29, 0.717) is 36.4 Å². The highest BCUT2D eigenvalue weighted by atomic mass is 32.1. The molecule has 1 rings (SSSR count). The summed E-state index contributed by atoms with van der Waals surface area (Å²) in [5, 5.41) is 21.0. The summed E-state index contributed by atoms with van der Waals surface area (Å²) in [7, 11) is 0. The lowest BCUT2D eigenvalue weighted by Crippen LogP contribution is -2.37. The lowest BCUT2D eigenvalue weighted by molar-refractivity contribution is -0.136. The van der Waals surface area contributed by atoms with Crippen molar-refractivity contribution in [3.05, 3.63) is 11.8 Å². The molecule has 11 heteroatoms. The number of carboxylic acids is 1. The smallest absolute Gasteiger partial charge is 0.343 e. The molecular formula is C17H28N6O4S. The topological polar surface area (TPSA) is 138 Å². The first-order valence-electron chi connectivity index (χ1n) is 9.23. The van der Waals surface area contributed by atoms with Gasteiger partial charge in [0.25, 0.3) is 0 Å². The van der Waals surface area contributed by atoms with Crippen molar-refractivity contribution in [1.82, 2.24) is 20.6 Å². The molecule has 1 aromatic rings. The van der Waals surface area contributed by atoms with E-state index < -0.39 is 11.9 Å². The summed E-state index contributed by atoms with van der Waals surface area (Å²) in [6, 6.07) is 0. The van der Waals surface area contributed by atoms with Gasteiger partial charge in [-0.15, -0.1) is 0 Å². The Bertz CT molecular complexity index is 659. The van der Waals surface area contributed by atoms with E-state index >= 15 is 0 Å². The van der Waals surface area contributed by atoms with Gasteiger partial charge in [-0.3, -0.25) is 4.79 Å². The molecule has 0 aromatic carbocycles. The van der Waals surface area contributed by atoms with Crippen molar-refractivity contribution >= 4 is 41.0 Å². The zero-order valence-corrected chi connectivity index (χ0v) is 17.0. The maximum Gasteiger partial charge on any atom is 0.343 e. The summed E-state index contributed by atoms with van der Waals surface area (Å²) in [5.74, 6) is -0.503. The van der Waals surface area contributed by atoms with Gasteiger partial charge in [-0.2, -0.15) is 4.98 Å². The van der Waals surface area contributed by atoms with Gasteiger partial charge in [-0.25, -0.2) is 9.78 Å². The number of anilines is 2. The summed E-state index contributed by atoms with van der Waals surface area (Å²) in [5.41, 5.74) is 0.280. The van der Waals surface area contributed by atoms with E-state index in [9.17, 15) is 9.59 Å². The fraction of sp³-hybridized carbons (Fsp3) is 0.588. The SMILES string of the molecule is CCCNc1ncc(C(=O)OCC)c(NCCCNC(=S)NCCC(=O)O)n1. The van der Waals surface area contributed by atoms with Crippen molar-refractivity contribution in [2.24, 2.45) is 0 Å². The second kappa shape index (κ2) is 13.5. The van der Waals surface area contributed by atoms with Crippen LogP contribution in [0.5, 0.6) is 0 Å². The number of aliphatic carboxylic acids is 1. The third-order valence-electron chi connectivity index (χ3n) is 3.37. The number of carbonyl (C=O) groups excluding carboxylic acids is 1. The normalized spacial score (nSPS) is 10.1. The summed E-state index contributed by atoms with van der Waals surface area (Å²) in [6.07, 6.45) is 3.08. The molecule has 0 saturated heterocycles. The van der Waals surface area contributed by atoms with Crippen LogP contribution >= 0.6 is 12.2 Å². The minimum absolute atomic E-state index is 0.00211. The second-order valence-corrected chi connectivity index (χ2v) is 6.12. The molecule has 1 heterocycles. The zero-order valence-electron chi connectivity index (χ0n) is 16.2. The highest BCUT2D eigenvalue weighted by molar-refractivity contribution is 7.80. The first-order valence-corrected chi connectivity index (χ1v) is 9.64. The van der Waals surface area contributed by atoms with Crippen LogP contribution in [0.25, 0.3) is 0 Å². The average molecular weight is 413 g/mol. The van der Waals surface area contributed by atoms with Gasteiger partial charge in [-0.1, -0.05) is 6.92 Å². The van der Waals surface area contributed by atoms with Crippen LogP contribution < -0.4 is 21.3 Å². The predicted octanol–water partition coefficient (Wildman–Crippen LogP) is 1.22. The maximum absolute atomic E-state index is 12.1. The van der Waals surface area contributed by atoms with Gasteiger partial charge < -0.3 is 31.1 Å². The molecule has 28 heavy (non-hydrogen) atoms. The average Bonchev–Trinajstić information content (AvgIpc) is 2.66. The van der Waals surface area contributed by atoms with Crippen molar-refractivity contribution in [2.45, 2.75) is 33.1 Å². The quantitative estimate of drug-likeness (QED) is 0.182. The van der Waals surface area contributed by atoms with Crippen molar-refractivity contribution in [1.29, 1.82) is 0 Å². The van der Waals surface area contributed by atoms with Gasteiger partial charge in [0.1, 0.15) is 11.4 Å². The summed E-state index contributed by atoms with van der Waals surface area (Å²) in [4.78, 5) is 31.0. The third kappa shape index (κ3) is 9.31. The number of carboxylic acid groups (broad SMARTS) is 1. The number of esters is 1. The van der Waals surface area contributed by atoms with E-state index in [2.05, 4.69) is 31.2 Å². The summed E-state index contributed by atoms with van der Waals surface area (Å²) < 4.78 is 5.04. The molecule has 0 atom stereocenters. The maximum atomic E-state index is 12.1. The van der Waals surface area contributed by atoms with Gasteiger partial charge >= 0.3 is 11.9 Å². The van der Waals surface area contributed by atoms with Crippen molar-refractivity contribution in [3.63, 3.8) is 0 Å². The number of hydrogen-bond donors (Lipinski definition) is 5. The molecule has 0 spiro atoms. The number of carbonyl (C=O) groups is 2. The van der Waals surface area contributed by atoms with Crippen LogP contribution in [-0.4, -0.2) is 64.9 Å². The molecule has 0 aliphatic heterocycles. The monoisotopic (exact) mass is 412 g/mol. The van der Waals surface area contributed by atoms with Crippen LogP contribution in [0, 0.1) is 0 Å². The van der Waals surface area contributed by atoms with E-state index in [-0.39, 0.29) is 25.1 Å². The van der Waals surface area contributed by atoms with Gasteiger partial charge in [0, 0.05) is 32.4 Å². The van der Waals surface area contributed by atoms with E-state index in [1.54, 1.807) is 6.92 Å². The molecule has 0 amide bonds. The number of thiocarbonyl (C=S) groups is 1. The van der Waals surface area contributed by atoms with E-state index in [4.69, 9.17) is 22.1 Å². The third-order valence-corrected chi connectivity index (χ3v) is 3.66. The molecule has 0 unspecified atom stereocenters. The summed E-state index contributed by atoms with van der Waals surface area (Å²) in [6.45, 7) is 6.17. The molecule has 0 aliphatic rings. The fourth-order valence-corrected chi connectivity index (χ4v) is 2.24. The Balaban J connectivity index is 2.50. The molecule has 1 aromatic heterocycles. The van der Waals surface area contributed by atoms with Crippen molar-refractivity contribution in [3.8, 4) is 0 Å². The number of rotatable bonds is 13. The van der Waals surface area contributed by atoms with Crippen LogP contribution in [0.4, 0.5) is 11.8 Å². The molecule has 0 bridgehead atoms. The molecule has 156 valence electrons. The van der Waals surface area contributed by atoms with Crippen LogP contribution in [0.1, 0.15) is 43.5 Å². The van der Waals surface area contributed by atoms with Gasteiger partial charge in [0.2, 0.25) is 5.95 Å². The Morgan fingerprint density at radius 3 is 2.57 bits per heavy atom. The Morgan fingerprint density at radius 1 is 1.14 bits per heavy atom. The van der Waals surface area contributed by atoms with Crippen molar-refractivity contribution < 1.29 is 19.4 Å². The van der Waals surface area contributed by atoms with Gasteiger partial charge in [-0.05, 0) is 32.0 Å². The first kappa shape index (κ1) is 23.3. The van der Waals surface area contributed by atoms with Gasteiger partial charge in [0.15, 0.2) is 5.11 Å². The number of nitrogens with zero attached hydrogens (tertiary/aromatic N) is 2. The number of aromatic nitrogens is 2. The minimum atomic E-state index is -0.880. The molecule has 0 fully saturated rings. The molecule has 0 saturated carbocycles. The number of hydrogen-bond acceptors (Lipinski definition) is 8. The number of ether oxygens (including phenoxy) is 1. The Labute approximate surface area is 169 Å². The minimum Gasteiger partial charge on any atom is -0.481 e. The second-order valence-electron chi connectivity index (χ2n) is 5.71. The number of nitrogens with one attached hydrogen (secondary N) is 4. The van der Waals surface area contributed by atoms with Crippen LogP contribution in [0.2, 0.25) is 0 Å². The zero-order chi connectivity index (χ0) is 20.8. The van der Waals surface area contributed by atoms with Crippen LogP contribution in [0.3, 0.4) is 0 Å². The highest BCUT2D eigenvalue weighted by Gasteiger charge is 2.15. The van der Waals surface area contributed by atoms with Crippen LogP contribution in [-0.2, 0) is 9.53 Å². The fourth-order valence-electron chi connectivity index (χ4n) is 2.04.